The second kappa shape index (κ2) is 3.95. The van der Waals surface area contributed by atoms with E-state index in [0.717, 1.165) is 38.9 Å². The van der Waals surface area contributed by atoms with Gasteiger partial charge in [0.05, 0.1) is 13.2 Å². The van der Waals surface area contributed by atoms with E-state index in [-0.39, 0.29) is 11.9 Å². The summed E-state index contributed by atoms with van der Waals surface area (Å²) in [4.78, 5) is 0. The van der Waals surface area contributed by atoms with Crippen LogP contribution < -0.4 is 5.11 Å². The van der Waals surface area contributed by atoms with Crippen molar-refractivity contribution in [3.8, 4) is 0 Å². The maximum absolute atomic E-state index is 11.1. The third-order valence-electron chi connectivity index (χ3n) is 2.96. The zero-order valence-corrected chi connectivity index (χ0v) is 7.96. The average molecular weight is 185 g/mol. The van der Waals surface area contributed by atoms with E-state index < -0.39 is 0 Å². The van der Waals surface area contributed by atoms with Gasteiger partial charge in [-0.1, -0.05) is 12.8 Å². The zero-order valence-electron chi connectivity index (χ0n) is 7.96. The van der Waals surface area contributed by atoms with Gasteiger partial charge in [0.2, 0.25) is 0 Å². The van der Waals surface area contributed by atoms with Crippen LogP contribution in [0.5, 0.6) is 0 Å². The minimum atomic E-state index is -0.388. The van der Waals surface area contributed by atoms with E-state index in [2.05, 4.69) is 0 Å². The third kappa shape index (κ3) is 2.22. The highest BCUT2D eigenvalue weighted by Crippen LogP contribution is 2.33. The SMILES string of the molecule is [O-]C1CCC2(CC1)OCCCCO2. The molecule has 1 spiro atoms. The summed E-state index contributed by atoms with van der Waals surface area (Å²) < 4.78 is 11.4. The largest absolute Gasteiger partial charge is 0.852 e. The number of hydrogen-bond donors (Lipinski definition) is 0. The molecule has 1 aliphatic carbocycles. The van der Waals surface area contributed by atoms with Crippen LogP contribution in [0.3, 0.4) is 0 Å². The molecule has 0 unspecified atom stereocenters. The first-order valence-corrected chi connectivity index (χ1v) is 5.24. The predicted molar refractivity (Wildman–Crippen MR) is 46.1 cm³/mol. The fourth-order valence-electron chi connectivity index (χ4n) is 2.08. The first-order valence-electron chi connectivity index (χ1n) is 5.24. The van der Waals surface area contributed by atoms with E-state index in [1.807, 2.05) is 0 Å². The van der Waals surface area contributed by atoms with Crippen molar-refractivity contribution in [2.75, 3.05) is 13.2 Å². The first-order chi connectivity index (χ1) is 6.31. The Morgan fingerprint density at radius 3 is 2.08 bits per heavy atom. The second-order valence-corrected chi connectivity index (χ2v) is 4.01. The Kier molecular flexibility index (Phi) is 2.86. The highest BCUT2D eigenvalue weighted by Gasteiger charge is 2.35. The quantitative estimate of drug-likeness (QED) is 0.561. The molecule has 0 bridgehead atoms. The monoisotopic (exact) mass is 185 g/mol. The molecule has 0 radical (unpaired) electrons. The summed E-state index contributed by atoms with van der Waals surface area (Å²) >= 11 is 0. The minimum Gasteiger partial charge on any atom is -0.852 e. The topological polar surface area (TPSA) is 41.5 Å². The zero-order chi connectivity index (χ0) is 9.15. The molecular formula is C10H17O3-. The molecule has 1 saturated heterocycles. The van der Waals surface area contributed by atoms with Gasteiger partial charge in [-0.2, -0.15) is 0 Å². The second-order valence-electron chi connectivity index (χ2n) is 4.01. The third-order valence-corrected chi connectivity index (χ3v) is 2.96. The van der Waals surface area contributed by atoms with Crippen molar-refractivity contribution in [1.82, 2.24) is 0 Å². The molecule has 0 N–H and O–H groups in total. The Labute approximate surface area is 79.0 Å². The Hall–Kier alpha value is -0.120. The Balaban J connectivity index is 1.93. The summed E-state index contributed by atoms with van der Waals surface area (Å²) in [6, 6.07) is 0. The van der Waals surface area contributed by atoms with Crippen LogP contribution in [0, 0.1) is 0 Å². The lowest BCUT2D eigenvalue weighted by Crippen LogP contribution is -2.43. The predicted octanol–water partition coefficient (Wildman–Crippen LogP) is 0.813. The molecule has 1 aliphatic heterocycles. The molecule has 1 saturated carbocycles. The van der Waals surface area contributed by atoms with Crippen LogP contribution in [0.4, 0.5) is 0 Å². The van der Waals surface area contributed by atoms with Crippen molar-refractivity contribution in [2.45, 2.75) is 50.4 Å². The molecule has 1 heterocycles. The average Bonchev–Trinajstić information content (AvgIpc) is 2.37. The van der Waals surface area contributed by atoms with E-state index >= 15 is 0 Å². The highest BCUT2D eigenvalue weighted by atomic mass is 16.7. The van der Waals surface area contributed by atoms with Crippen molar-refractivity contribution < 1.29 is 14.6 Å². The molecule has 2 rings (SSSR count). The summed E-state index contributed by atoms with van der Waals surface area (Å²) in [6.45, 7) is 1.59. The Morgan fingerprint density at radius 2 is 1.54 bits per heavy atom. The van der Waals surface area contributed by atoms with Crippen molar-refractivity contribution in [3.63, 3.8) is 0 Å². The van der Waals surface area contributed by atoms with Crippen LogP contribution in [0.2, 0.25) is 0 Å². The maximum Gasteiger partial charge on any atom is 0.168 e. The Morgan fingerprint density at radius 1 is 1.00 bits per heavy atom. The molecule has 0 aromatic heterocycles. The lowest BCUT2D eigenvalue weighted by Gasteiger charge is -2.40. The molecule has 13 heavy (non-hydrogen) atoms. The summed E-state index contributed by atoms with van der Waals surface area (Å²) in [7, 11) is 0. The highest BCUT2D eigenvalue weighted by molar-refractivity contribution is 4.80. The smallest absolute Gasteiger partial charge is 0.168 e. The molecule has 3 heteroatoms. The van der Waals surface area contributed by atoms with Gasteiger partial charge in [-0.05, 0) is 12.8 Å². The van der Waals surface area contributed by atoms with Gasteiger partial charge in [0.1, 0.15) is 0 Å². The van der Waals surface area contributed by atoms with Crippen molar-refractivity contribution in [2.24, 2.45) is 0 Å². The van der Waals surface area contributed by atoms with Crippen LogP contribution in [0.25, 0.3) is 0 Å². The van der Waals surface area contributed by atoms with Crippen molar-refractivity contribution in [3.05, 3.63) is 0 Å². The van der Waals surface area contributed by atoms with Gasteiger partial charge < -0.3 is 14.6 Å². The van der Waals surface area contributed by atoms with Crippen LogP contribution in [-0.4, -0.2) is 25.1 Å². The minimum absolute atomic E-state index is 0.378. The van der Waals surface area contributed by atoms with Gasteiger partial charge in [-0.3, -0.25) is 0 Å². The first kappa shape index (κ1) is 9.44. The van der Waals surface area contributed by atoms with E-state index in [1.165, 1.54) is 0 Å². The van der Waals surface area contributed by atoms with Gasteiger partial charge in [0.15, 0.2) is 5.79 Å². The van der Waals surface area contributed by atoms with Gasteiger partial charge in [0.25, 0.3) is 0 Å². The van der Waals surface area contributed by atoms with E-state index in [1.54, 1.807) is 0 Å². The molecule has 76 valence electrons. The summed E-state index contributed by atoms with van der Waals surface area (Å²) in [5.41, 5.74) is 0. The van der Waals surface area contributed by atoms with Crippen molar-refractivity contribution in [1.29, 1.82) is 0 Å². The summed E-state index contributed by atoms with van der Waals surface area (Å²) in [5, 5.41) is 11.1. The van der Waals surface area contributed by atoms with Gasteiger partial charge in [-0.25, -0.2) is 0 Å². The molecule has 3 nitrogen and oxygen atoms in total. The van der Waals surface area contributed by atoms with Gasteiger partial charge >= 0.3 is 0 Å². The number of hydrogen-bond acceptors (Lipinski definition) is 3. The lowest BCUT2D eigenvalue weighted by molar-refractivity contribution is -0.435. The standard InChI is InChI=1S/C10H17O3/c11-9-3-5-10(6-4-9)12-7-1-2-8-13-10/h9H,1-8H2/q-1. The summed E-state index contributed by atoms with van der Waals surface area (Å²) in [5.74, 6) is -0.378. The maximum atomic E-state index is 11.1. The van der Waals surface area contributed by atoms with Crippen LogP contribution >= 0.6 is 0 Å². The fraction of sp³-hybridized carbons (Fsp3) is 1.00. The van der Waals surface area contributed by atoms with Gasteiger partial charge in [-0.15, -0.1) is 6.10 Å². The summed E-state index contributed by atoms with van der Waals surface area (Å²) in [6.07, 6.45) is 4.79. The van der Waals surface area contributed by atoms with Gasteiger partial charge in [0, 0.05) is 12.8 Å². The van der Waals surface area contributed by atoms with Crippen LogP contribution in [0.15, 0.2) is 0 Å². The Bertz CT molecular complexity index is 152. The molecule has 2 aliphatic rings. The van der Waals surface area contributed by atoms with Crippen LogP contribution in [0.1, 0.15) is 38.5 Å². The fourth-order valence-corrected chi connectivity index (χ4v) is 2.08. The molecular weight excluding hydrogens is 168 g/mol. The van der Waals surface area contributed by atoms with E-state index in [0.29, 0.717) is 12.8 Å². The molecule has 0 aromatic rings. The lowest BCUT2D eigenvalue weighted by atomic mass is 9.92. The van der Waals surface area contributed by atoms with Crippen molar-refractivity contribution >= 4 is 0 Å². The molecule has 0 atom stereocenters. The van der Waals surface area contributed by atoms with E-state index in [9.17, 15) is 5.11 Å². The molecule has 0 amide bonds. The van der Waals surface area contributed by atoms with Crippen LogP contribution in [-0.2, 0) is 9.47 Å². The molecule has 2 fully saturated rings. The van der Waals surface area contributed by atoms with E-state index in [4.69, 9.17) is 9.47 Å². The number of rotatable bonds is 0. The number of ether oxygens (including phenoxy) is 2. The normalized spacial score (nSPS) is 30.2. The molecule has 0 aromatic carbocycles.